The Morgan fingerprint density at radius 3 is 1.23 bits per heavy atom. The molecule has 0 spiro atoms. The Hall–Kier alpha value is -5.62. The van der Waals surface area contributed by atoms with E-state index in [1.165, 1.54) is 32.7 Å². The van der Waals surface area contributed by atoms with Crippen LogP contribution in [0.25, 0.3) is 21.5 Å². The molecule has 264 valence electrons. The fraction of sp³-hybridized carbons (Fsp3) is 0.261. The maximum atomic E-state index is 12.5. The third kappa shape index (κ3) is 8.29. The lowest BCUT2D eigenvalue weighted by Gasteiger charge is -2.37. The summed E-state index contributed by atoms with van der Waals surface area (Å²) < 4.78 is 11.0. The van der Waals surface area contributed by atoms with Crippen LogP contribution >= 0.6 is 0 Å². The molecule has 2 fully saturated rings. The molecule has 2 saturated heterocycles. The van der Waals surface area contributed by atoms with Crippen LogP contribution in [0.2, 0.25) is 0 Å². The Balaban J connectivity index is 0.000000162. The van der Waals surface area contributed by atoms with Crippen molar-refractivity contribution in [1.82, 2.24) is 9.80 Å². The molecule has 2 amide bonds. The standard InChI is InChI=1S/2C23H23NO2/c2*1-17-15-21(20-12-11-18-7-5-6-8-19(18)16-20)13-14-24(17)23(25)26-22-9-3-2-4-10-22/h2*2-12,16-17,21H,13-15H2,1H3/t17-,21+;17-,21-/m11/s1. The van der Waals surface area contributed by atoms with Gasteiger partial charge in [0.25, 0.3) is 0 Å². The van der Waals surface area contributed by atoms with E-state index in [4.69, 9.17) is 9.47 Å². The average Bonchev–Trinajstić information content (AvgIpc) is 3.18. The number of likely N-dealkylation sites (tertiary alicyclic amines) is 2. The Morgan fingerprint density at radius 2 is 0.846 bits per heavy atom. The third-order valence-corrected chi connectivity index (χ3v) is 10.6. The largest absolute Gasteiger partial charge is 0.415 e. The molecule has 0 radical (unpaired) electrons. The minimum absolute atomic E-state index is 0.163. The summed E-state index contributed by atoms with van der Waals surface area (Å²) in [6, 6.07) is 49.3. The number of rotatable bonds is 4. The van der Waals surface area contributed by atoms with Crippen LogP contribution in [-0.4, -0.2) is 47.2 Å². The van der Waals surface area contributed by atoms with E-state index >= 15 is 0 Å². The first-order valence-electron chi connectivity index (χ1n) is 18.5. The Kier molecular flexibility index (Phi) is 10.8. The van der Waals surface area contributed by atoms with E-state index in [9.17, 15) is 9.59 Å². The number of para-hydroxylation sites is 2. The molecular weight excluding hydrogens is 645 g/mol. The van der Waals surface area contributed by atoms with Gasteiger partial charge in [-0.1, -0.05) is 121 Å². The Morgan fingerprint density at radius 1 is 0.481 bits per heavy atom. The SMILES string of the molecule is C[C@@H]1C[C@@H](c2ccc3ccccc3c2)CCN1C(=O)Oc1ccccc1.C[C@@H]1C[C@H](c2ccc3ccccc3c2)CCN1C(=O)Oc1ccccc1. The van der Waals surface area contributed by atoms with Gasteiger partial charge in [-0.2, -0.15) is 0 Å². The van der Waals surface area contributed by atoms with Crippen molar-refractivity contribution in [3.63, 3.8) is 0 Å². The van der Waals surface area contributed by atoms with Crippen LogP contribution in [0.15, 0.2) is 146 Å². The molecule has 6 aromatic rings. The zero-order chi connectivity index (χ0) is 35.9. The maximum Gasteiger partial charge on any atom is 0.415 e. The molecule has 0 aliphatic carbocycles. The molecule has 6 nitrogen and oxygen atoms in total. The average molecular weight is 691 g/mol. The molecule has 0 saturated carbocycles. The molecule has 8 rings (SSSR count). The molecule has 0 bridgehead atoms. The van der Waals surface area contributed by atoms with Crippen LogP contribution < -0.4 is 9.47 Å². The van der Waals surface area contributed by atoms with Gasteiger partial charge in [0.15, 0.2) is 0 Å². The van der Waals surface area contributed by atoms with Crippen molar-refractivity contribution in [2.75, 3.05) is 13.1 Å². The van der Waals surface area contributed by atoms with Gasteiger partial charge in [-0.3, -0.25) is 0 Å². The zero-order valence-electron chi connectivity index (χ0n) is 29.9. The molecule has 4 atom stereocenters. The molecule has 6 aromatic carbocycles. The third-order valence-electron chi connectivity index (χ3n) is 10.6. The van der Waals surface area contributed by atoms with Crippen molar-refractivity contribution in [3.8, 4) is 11.5 Å². The maximum absolute atomic E-state index is 12.5. The van der Waals surface area contributed by atoms with Crippen molar-refractivity contribution in [2.24, 2.45) is 0 Å². The molecule has 52 heavy (non-hydrogen) atoms. The van der Waals surface area contributed by atoms with E-state index in [-0.39, 0.29) is 24.3 Å². The van der Waals surface area contributed by atoms with E-state index in [0.717, 1.165) is 38.8 Å². The lowest BCUT2D eigenvalue weighted by Crippen LogP contribution is -2.45. The minimum atomic E-state index is -0.249. The highest BCUT2D eigenvalue weighted by Gasteiger charge is 2.32. The molecule has 0 N–H and O–H groups in total. The summed E-state index contributed by atoms with van der Waals surface area (Å²) in [4.78, 5) is 28.7. The molecule has 0 unspecified atom stereocenters. The first kappa shape index (κ1) is 34.8. The van der Waals surface area contributed by atoms with Gasteiger partial charge in [-0.25, -0.2) is 9.59 Å². The summed E-state index contributed by atoms with van der Waals surface area (Å²) in [5.74, 6) is 2.16. The van der Waals surface area contributed by atoms with Crippen molar-refractivity contribution >= 4 is 33.7 Å². The van der Waals surface area contributed by atoms with Gasteiger partial charge in [0.2, 0.25) is 0 Å². The number of benzene rings is 6. The molecule has 2 aliphatic rings. The number of ether oxygens (including phenoxy) is 2. The van der Waals surface area contributed by atoms with Gasteiger partial charge < -0.3 is 19.3 Å². The minimum Gasteiger partial charge on any atom is -0.410 e. The zero-order valence-corrected chi connectivity index (χ0v) is 29.9. The van der Waals surface area contributed by atoms with E-state index < -0.39 is 0 Å². The van der Waals surface area contributed by atoms with Crippen molar-refractivity contribution < 1.29 is 19.1 Å². The summed E-state index contributed by atoms with van der Waals surface area (Å²) in [7, 11) is 0. The molecule has 2 heterocycles. The van der Waals surface area contributed by atoms with Crippen LogP contribution in [0.3, 0.4) is 0 Å². The van der Waals surface area contributed by atoms with Crippen LogP contribution in [0.5, 0.6) is 11.5 Å². The van der Waals surface area contributed by atoms with E-state index in [0.29, 0.717) is 23.3 Å². The van der Waals surface area contributed by atoms with Crippen LogP contribution in [-0.2, 0) is 0 Å². The lowest BCUT2D eigenvalue weighted by atomic mass is 9.85. The predicted molar refractivity (Wildman–Crippen MR) is 209 cm³/mol. The Bertz CT molecular complexity index is 1970. The van der Waals surface area contributed by atoms with E-state index in [2.05, 4.69) is 98.8 Å². The van der Waals surface area contributed by atoms with E-state index in [1.807, 2.05) is 70.5 Å². The fourth-order valence-corrected chi connectivity index (χ4v) is 7.71. The number of nitrogens with zero attached hydrogens (tertiary/aromatic N) is 2. The van der Waals surface area contributed by atoms with Gasteiger partial charge >= 0.3 is 12.2 Å². The molecular formula is C46H46N2O4. The smallest absolute Gasteiger partial charge is 0.410 e. The van der Waals surface area contributed by atoms with Gasteiger partial charge in [-0.15, -0.1) is 0 Å². The summed E-state index contributed by atoms with van der Waals surface area (Å²) in [5, 5.41) is 5.11. The second-order valence-corrected chi connectivity index (χ2v) is 14.1. The van der Waals surface area contributed by atoms with Crippen molar-refractivity contribution in [3.05, 3.63) is 157 Å². The highest BCUT2D eigenvalue weighted by molar-refractivity contribution is 5.84. The summed E-state index contributed by atoms with van der Waals surface area (Å²) in [6.45, 7) is 5.67. The number of carbonyl (C=O) groups excluding carboxylic acids is 2. The van der Waals surface area contributed by atoms with Gasteiger partial charge in [0, 0.05) is 25.2 Å². The predicted octanol–water partition coefficient (Wildman–Crippen LogP) is 11.2. The second kappa shape index (κ2) is 16.2. The number of hydrogen-bond donors (Lipinski definition) is 0. The highest BCUT2D eigenvalue weighted by atomic mass is 16.6. The number of hydrogen-bond acceptors (Lipinski definition) is 4. The topological polar surface area (TPSA) is 59.1 Å². The Labute approximate surface area is 306 Å². The van der Waals surface area contributed by atoms with Crippen molar-refractivity contribution in [1.29, 1.82) is 0 Å². The first-order valence-corrected chi connectivity index (χ1v) is 18.5. The fourth-order valence-electron chi connectivity index (χ4n) is 7.71. The molecule has 6 heteroatoms. The number of piperidine rings is 2. The van der Waals surface area contributed by atoms with Crippen LogP contribution in [0.1, 0.15) is 62.5 Å². The van der Waals surface area contributed by atoms with Gasteiger partial charge in [0.1, 0.15) is 11.5 Å². The number of carbonyl (C=O) groups is 2. The lowest BCUT2D eigenvalue weighted by molar-refractivity contribution is 0.112. The number of amides is 2. The quantitative estimate of drug-likeness (QED) is 0.185. The van der Waals surface area contributed by atoms with Crippen LogP contribution in [0, 0.1) is 0 Å². The summed E-state index contributed by atoms with van der Waals surface area (Å²) >= 11 is 0. The monoisotopic (exact) mass is 690 g/mol. The molecule has 0 aromatic heterocycles. The van der Waals surface area contributed by atoms with Gasteiger partial charge in [0.05, 0.1) is 0 Å². The van der Waals surface area contributed by atoms with Crippen molar-refractivity contribution in [2.45, 2.75) is 63.5 Å². The first-order chi connectivity index (χ1) is 25.4. The number of fused-ring (bicyclic) bond motifs is 2. The second-order valence-electron chi connectivity index (χ2n) is 14.1. The summed E-state index contributed by atoms with van der Waals surface area (Å²) in [5.41, 5.74) is 2.73. The van der Waals surface area contributed by atoms with Gasteiger partial charge in [-0.05, 0) is 108 Å². The normalized spacial score (nSPS) is 20.1. The van der Waals surface area contributed by atoms with E-state index in [1.54, 1.807) is 0 Å². The summed E-state index contributed by atoms with van der Waals surface area (Å²) in [6.07, 6.45) is 3.35. The molecule has 2 aliphatic heterocycles. The van der Waals surface area contributed by atoms with Crippen LogP contribution in [0.4, 0.5) is 9.59 Å². The highest BCUT2D eigenvalue weighted by Crippen LogP contribution is 2.35.